The Labute approximate surface area is 119 Å². The van der Waals surface area contributed by atoms with Gasteiger partial charge in [-0.15, -0.1) is 0 Å². The molecule has 2 aromatic rings. The highest BCUT2D eigenvalue weighted by molar-refractivity contribution is 6.29. The highest BCUT2D eigenvalue weighted by atomic mass is 35.5. The van der Waals surface area contributed by atoms with E-state index < -0.39 is 5.82 Å². The van der Waals surface area contributed by atoms with E-state index in [-0.39, 0.29) is 22.3 Å². The van der Waals surface area contributed by atoms with E-state index >= 15 is 0 Å². The number of aromatic nitrogens is 2. The first kappa shape index (κ1) is 12.8. The zero-order valence-corrected chi connectivity index (χ0v) is 11.1. The van der Waals surface area contributed by atoms with Crippen LogP contribution in [0, 0.1) is 17.1 Å². The molecular formula is C14H9ClFN3O. The van der Waals surface area contributed by atoms with E-state index in [1.54, 1.807) is 0 Å². The Balaban J connectivity index is 1.89. The summed E-state index contributed by atoms with van der Waals surface area (Å²) in [4.78, 5) is 8.35. The average molecular weight is 290 g/mol. The molecule has 1 aromatic heterocycles. The second-order valence-corrected chi connectivity index (χ2v) is 4.91. The largest absolute Gasteiger partial charge is 0.436 e. The molecule has 20 heavy (non-hydrogen) atoms. The standard InChI is InChI=1S/C14H9ClFN3O/c15-12-6-13(19-14(18-12)9-2-3-9)20-11-4-1-8(7-17)5-10(11)16/h1,4-6,9H,2-3H2. The third-order valence-corrected chi connectivity index (χ3v) is 3.10. The SMILES string of the molecule is N#Cc1ccc(Oc2cc(Cl)nc(C3CC3)n2)c(F)c1. The van der Waals surface area contributed by atoms with Gasteiger partial charge in [-0.25, -0.2) is 9.37 Å². The minimum atomic E-state index is -0.619. The molecule has 6 heteroatoms. The zero-order valence-electron chi connectivity index (χ0n) is 10.3. The van der Waals surface area contributed by atoms with Crippen LogP contribution in [0.1, 0.15) is 30.1 Å². The molecule has 0 aliphatic heterocycles. The van der Waals surface area contributed by atoms with Gasteiger partial charge in [0.1, 0.15) is 11.0 Å². The van der Waals surface area contributed by atoms with Crippen LogP contribution >= 0.6 is 11.6 Å². The molecule has 0 saturated heterocycles. The van der Waals surface area contributed by atoms with Gasteiger partial charge in [-0.05, 0) is 31.0 Å². The minimum Gasteiger partial charge on any atom is -0.436 e. The number of hydrogen-bond acceptors (Lipinski definition) is 4. The Bertz CT molecular complexity index is 710. The van der Waals surface area contributed by atoms with Crippen molar-refractivity contribution in [2.24, 2.45) is 0 Å². The van der Waals surface area contributed by atoms with Gasteiger partial charge in [-0.3, -0.25) is 0 Å². The summed E-state index contributed by atoms with van der Waals surface area (Å²) in [5.41, 5.74) is 0.231. The molecule has 1 aliphatic carbocycles. The molecule has 0 bridgehead atoms. The number of hydrogen-bond donors (Lipinski definition) is 0. The highest BCUT2D eigenvalue weighted by Gasteiger charge is 2.27. The molecule has 1 heterocycles. The van der Waals surface area contributed by atoms with Crippen LogP contribution in [0.2, 0.25) is 5.15 Å². The van der Waals surface area contributed by atoms with E-state index in [0.717, 1.165) is 18.9 Å². The number of nitriles is 1. The molecule has 0 N–H and O–H groups in total. The monoisotopic (exact) mass is 289 g/mol. The van der Waals surface area contributed by atoms with E-state index in [2.05, 4.69) is 9.97 Å². The topological polar surface area (TPSA) is 58.8 Å². The fourth-order valence-electron chi connectivity index (χ4n) is 1.76. The number of ether oxygens (including phenoxy) is 1. The Morgan fingerprint density at radius 1 is 1.30 bits per heavy atom. The normalized spacial score (nSPS) is 13.8. The van der Waals surface area contributed by atoms with E-state index in [4.69, 9.17) is 21.6 Å². The second kappa shape index (κ2) is 5.06. The Morgan fingerprint density at radius 3 is 2.75 bits per heavy atom. The van der Waals surface area contributed by atoms with Crippen molar-refractivity contribution >= 4 is 11.6 Å². The van der Waals surface area contributed by atoms with E-state index in [0.29, 0.717) is 11.7 Å². The van der Waals surface area contributed by atoms with Crippen molar-refractivity contribution in [1.82, 2.24) is 9.97 Å². The number of rotatable bonds is 3. The van der Waals surface area contributed by atoms with Crippen molar-refractivity contribution < 1.29 is 9.13 Å². The first-order valence-corrected chi connectivity index (χ1v) is 6.45. The first-order chi connectivity index (χ1) is 9.65. The van der Waals surface area contributed by atoms with Gasteiger partial charge in [0.05, 0.1) is 11.6 Å². The van der Waals surface area contributed by atoms with Crippen LogP contribution in [-0.4, -0.2) is 9.97 Å². The molecule has 1 aromatic carbocycles. The van der Waals surface area contributed by atoms with Gasteiger partial charge in [0.25, 0.3) is 0 Å². The third kappa shape index (κ3) is 2.70. The lowest BCUT2D eigenvalue weighted by Gasteiger charge is -2.07. The Hall–Kier alpha value is -2.19. The Kier molecular flexibility index (Phi) is 3.25. The van der Waals surface area contributed by atoms with Crippen LogP contribution < -0.4 is 4.74 Å². The molecular weight excluding hydrogens is 281 g/mol. The van der Waals surface area contributed by atoms with Crippen molar-refractivity contribution in [3.63, 3.8) is 0 Å². The van der Waals surface area contributed by atoms with Crippen LogP contribution in [0.25, 0.3) is 0 Å². The van der Waals surface area contributed by atoms with Crippen LogP contribution in [0.5, 0.6) is 11.6 Å². The van der Waals surface area contributed by atoms with E-state index in [9.17, 15) is 4.39 Å². The molecule has 4 nitrogen and oxygen atoms in total. The number of nitrogens with zero attached hydrogens (tertiary/aromatic N) is 3. The van der Waals surface area contributed by atoms with Gasteiger partial charge in [0, 0.05) is 12.0 Å². The molecule has 1 aliphatic rings. The van der Waals surface area contributed by atoms with E-state index in [1.165, 1.54) is 18.2 Å². The molecule has 1 saturated carbocycles. The highest BCUT2D eigenvalue weighted by Crippen LogP contribution is 2.39. The number of halogens is 2. The lowest BCUT2D eigenvalue weighted by atomic mass is 10.2. The van der Waals surface area contributed by atoms with Gasteiger partial charge in [-0.2, -0.15) is 10.2 Å². The van der Waals surface area contributed by atoms with Crippen LogP contribution in [-0.2, 0) is 0 Å². The van der Waals surface area contributed by atoms with Gasteiger partial charge < -0.3 is 4.74 Å². The molecule has 100 valence electrons. The van der Waals surface area contributed by atoms with Crippen LogP contribution in [0.15, 0.2) is 24.3 Å². The summed E-state index contributed by atoms with van der Waals surface area (Å²) in [6, 6.07) is 7.27. The third-order valence-electron chi connectivity index (χ3n) is 2.91. The Morgan fingerprint density at radius 2 is 2.10 bits per heavy atom. The predicted molar refractivity (Wildman–Crippen MR) is 70.2 cm³/mol. The van der Waals surface area contributed by atoms with E-state index in [1.807, 2.05) is 6.07 Å². The quantitative estimate of drug-likeness (QED) is 0.806. The predicted octanol–water partition coefficient (Wildman–Crippen LogP) is 3.81. The maximum atomic E-state index is 13.7. The molecule has 0 unspecified atom stereocenters. The minimum absolute atomic E-state index is 0.000476. The molecule has 0 atom stereocenters. The first-order valence-electron chi connectivity index (χ1n) is 6.07. The van der Waals surface area contributed by atoms with Gasteiger partial charge in [-0.1, -0.05) is 11.6 Å². The van der Waals surface area contributed by atoms with Crippen molar-refractivity contribution in [2.75, 3.05) is 0 Å². The molecule has 0 radical (unpaired) electrons. The average Bonchev–Trinajstić information content (AvgIpc) is 3.25. The van der Waals surface area contributed by atoms with Gasteiger partial charge in [0.15, 0.2) is 11.6 Å². The van der Waals surface area contributed by atoms with Crippen LogP contribution in [0.3, 0.4) is 0 Å². The maximum Gasteiger partial charge on any atom is 0.224 e. The summed E-state index contributed by atoms with van der Waals surface area (Å²) in [6.07, 6.45) is 2.07. The molecule has 3 rings (SSSR count). The van der Waals surface area contributed by atoms with Crippen molar-refractivity contribution in [3.05, 3.63) is 46.6 Å². The van der Waals surface area contributed by atoms with Gasteiger partial charge >= 0.3 is 0 Å². The lowest BCUT2D eigenvalue weighted by molar-refractivity contribution is 0.424. The molecule has 0 amide bonds. The maximum absolute atomic E-state index is 13.7. The fourth-order valence-corrected chi connectivity index (χ4v) is 1.94. The zero-order chi connectivity index (χ0) is 14.1. The lowest BCUT2D eigenvalue weighted by Crippen LogP contribution is -1.97. The summed E-state index contributed by atoms with van der Waals surface area (Å²) < 4.78 is 19.1. The smallest absolute Gasteiger partial charge is 0.224 e. The summed E-state index contributed by atoms with van der Waals surface area (Å²) in [5, 5.41) is 8.96. The number of benzene rings is 1. The van der Waals surface area contributed by atoms with Crippen molar-refractivity contribution in [1.29, 1.82) is 5.26 Å². The molecule has 0 spiro atoms. The van der Waals surface area contributed by atoms with Gasteiger partial charge in [0.2, 0.25) is 5.88 Å². The second-order valence-electron chi connectivity index (χ2n) is 4.52. The van der Waals surface area contributed by atoms with Crippen LogP contribution in [0.4, 0.5) is 4.39 Å². The summed E-state index contributed by atoms with van der Waals surface area (Å²) >= 11 is 5.91. The summed E-state index contributed by atoms with van der Waals surface area (Å²) in [5.74, 6) is 0.534. The molecule has 1 fully saturated rings. The summed E-state index contributed by atoms with van der Waals surface area (Å²) in [7, 11) is 0. The van der Waals surface area contributed by atoms with Crippen molar-refractivity contribution in [3.8, 4) is 17.7 Å². The van der Waals surface area contributed by atoms with Crippen molar-refractivity contribution in [2.45, 2.75) is 18.8 Å². The summed E-state index contributed by atoms with van der Waals surface area (Å²) in [6.45, 7) is 0. The fraction of sp³-hybridized carbons (Fsp3) is 0.214.